The van der Waals surface area contributed by atoms with Gasteiger partial charge in [0.2, 0.25) is 0 Å². The van der Waals surface area contributed by atoms with Crippen molar-refractivity contribution in [1.29, 1.82) is 0 Å². The van der Waals surface area contributed by atoms with E-state index in [0.29, 0.717) is 29.7 Å². The van der Waals surface area contributed by atoms with Gasteiger partial charge in [-0.05, 0) is 30.5 Å². The van der Waals surface area contributed by atoms with Crippen molar-refractivity contribution in [1.82, 2.24) is 0 Å². The summed E-state index contributed by atoms with van der Waals surface area (Å²) in [6.07, 6.45) is 0.583. The number of phenolic OH excluding ortho intramolecular Hbond substituents is 5. The van der Waals surface area contributed by atoms with Crippen LogP contribution in [-0.2, 0) is 6.42 Å². The third-order valence-corrected chi connectivity index (χ3v) is 3.56. The van der Waals surface area contributed by atoms with Crippen molar-refractivity contribution in [3.8, 4) is 34.5 Å². The zero-order valence-corrected chi connectivity index (χ0v) is 10.9. The molecule has 5 N–H and O–H groups in total. The first-order valence-electron chi connectivity index (χ1n) is 6.42. The first-order chi connectivity index (χ1) is 9.95. The summed E-state index contributed by atoms with van der Waals surface area (Å²) in [7, 11) is 0. The van der Waals surface area contributed by atoms with Crippen molar-refractivity contribution in [3.05, 3.63) is 35.4 Å². The molecule has 3 rings (SSSR count). The molecule has 1 heterocycles. The molecular weight excluding hydrogens is 276 g/mol. The molecule has 2 aromatic rings. The van der Waals surface area contributed by atoms with E-state index in [0.717, 1.165) is 0 Å². The average molecular weight is 290 g/mol. The minimum absolute atomic E-state index is 0.0279. The van der Waals surface area contributed by atoms with Crippen LogP contribution in [0.2, 0.25) is 0 Å². The molecule has 1 unspecified atom stereocenters. The smallest absolute Gasteiger partial charge is 0.200 e. The van der Waals surface area contributed by atoms with Crippen LogP contribution in [0.1, 0.15) is 23.7 Å². The standard InChI is InChI=1S/C15H14O6/c16-8-5-10(17)9-1-2-13(21-14(9)6-8)7-3-11(18)15(20)12(19)4-7/h3-6,13,16-20H,1-2H2. The lowest BCUT2D eigenvalue weighted by Gasteiger charge is -2.27. The lowest BCUT2D eigenvalue weighted by Crippen LogP contribution is -2.15. The van der Waals surface area contributed by atoms with Crippen LogP contribution >= 0.6 is 0 Å². The summed E-state index contributed by atoms with van der Waals surface area (Å²) in [4.78, 5) is 0. The first-order valence-corrected chi connectivity index (χ1v) is 6.42. The maximum Gasteiger partial charge on any atom is 0.200 e. The fraction of sp³-hybridized carbons (Fsp3) is 0.200. The van der Waals surface area contributed by atoms with Crippen molar-refractivity contribution in [2.24, 2.45) is 0 Å². The van der Waals surface area contributed by atoms with E-state index in [-0.39, 0.29) is 11.5 Å². The van der Waals surface area contributed by atoms with Crippen molar-refractivity contribution in [2.45, 2.75) is 18.9 Å². The summed E-state index contributed by atoms with van der Waals surface area (Å²) < 4.78 is 5.71. The van der Waals surface area contributed by atoms with Crippen molar-refractivity contribution < 1.29 is 30.3 Å². The molecule has 6 heteroatoms. The van der Waals surface area contributed by atoms with Gasteiger partial charge in [0.1, 0.15) is 23.4 Å². The summed E-state index contributed by atoms with van der Waals surface area (Å²) in [5.41, 5.74) is 1.10. The molecule has 0 aromatic heterocycles. The Hall–Kier alpha value is -2.76. The SMILES string of the molecule is Oc1cc(O)c2c(c1)OC(c1cc(O)c(O)c(O)c1)CC2. The topological polar surface area (TPSA) is 110 Å². The number of ether oxygens (including phenoxy) is 1. The quantitative estimate of drug-likeness (QED) is 0.515. The molecule has 0 saturated heterocycles. The molecule has 0 bridgehead atoms. The molecular formula is C15H14O6. The van der Waals surface area contributed by atoms with Crippen LogP contribution in [0.5, 0.6) is 34.5 Å². The second-order valence-electron chi connectivity index (χ2n) is 4.99. The van der Waals surface area contributed by atoms with E-state index in [2.05, 4.69) is 0 Å². The summed E-state index contributed by atoms with van der Waals surface area (Å²) >= 11 is 0. The second kappa shape index (κ2) is 4.66. The third kappa shape index (κ3) is 2.24. The lowest BCUT2D eigenvalue weighted by molar-refractivity contribution is 0.173. The lowest BCUT2D eigenvalue weighted by atomic mass is 9.96. The van der Waals surface area contributed by atoms with Gasteiger partial charge in [-0.25, -0.2) is 0 Å². The maximum absolute atomic E-state index is 9.77. The molecule has 0 amide bonds. The molecule has 1 atom stereocenters. The Morgan fingerprint density at radius 1 is 0.857 bits per heavy atom. The molecule has 0 aliphatic carbocycles. The molecule has 1 aliphatic heterocycles. The van der Waals surface area contributed by atoms with Gasteiger partial charge < -0.3 is 30.3 Å². The Labute approximate surface area is 120 Å². The molecule has 0 spiro atoms. The van der Waals surface area contributed by atoms with Gasteiger partial charge in [-0.15, -0.1) is 0 Å². The number of hydrogen-bond acceptors (Lipinski definition) is 6. The van der Waals surface area contributed by atoms with Crippen LogP contribution in [-0.4, -0.2) is 25.5 Å². The first kappa shape index (κ1) is 13.2. The minimum atomic E-state index is -0.578. The Morgan fingerprint density at radius 2 is 1.52 bits per heavy atom. The monoisotopic (exact) mass is 290 g/mol. The van der Waals surface area contributed by atoms with Gasteiger partial charge in [0.05, 0.1) is 0 Å². The predicted molar refractivity (Wildman–Crippen MR) is 72.9 cm³/mol. The summed E-state index contributed by atoms with van der Waals surface area (Å²) in [5.74, 6) is -1.22. The van der Waals surface area contributed by atoms with E-state index >= 15 is 0 Å². The Balaban J connectivity index is 1.96. The zero-order chi connectivity index (χ0) is 15.1. The summed E-state index contributed by atoms with van der Waals surface area (Å²) in [5, 5.41) is 47.7. The summed E-state index contributed by atoms with van der Waals surface area (Å²) in [6, 6.07) is 5.28. The molecule has 0 fully saturated rings. The van der Waals surface area contributed by atoms with E-state index in [9.17, 15) is 25.5 Å². The molecule has 2 aromatic carbocycles. The molecule has 0 saturated carbocycles. The van der Waals surface area contributed by atoms with Crippen molar-refractivity contribution >= 4 is 0 Å². The minimum Gasteiger partial charge on any atom is -0.508 e. The average Bonchev–Trinajstić information content (AvgIpc) is 2.43. The third-order valence-electron chi connectivity index (χ3n) is 3.56. The van der Waals surface area contributed by atoms with Crippen LogP contribution in [0.3, 0.4) is 0 Å². The highest BCUT2D eigenvalue weighted by Gasteiger charge is 2.25. The Kier molecular flexibility index (Phi) is 2.94. The fourth-order valence-electron chi connectivity index (χ4n) is 2.51. The number of hydrogen-bond donors (Lipinski definition) is 5. The van der Waals surface area contributed by atoms with Crippen molar-refractivity contribution in [2.75, 3.05) is 0 Å². The van der Waals surface area contributed by atoms with Crippen LogP contribution in [0.4, 0.5) is 0 Å². The maximum atomic E-state index is 9.77. The summed E-state index contributed by atoms with van der Waals surface area (Å²) in [6.45, 7) is 0. The van der Waals surface area contributed by atoms with E-state index in [1.54, 1.807) is 0 Å². The van der Waals surface area contributed by atoms with E-state index in [1.807, 2.05) is 0 Å². The highest BCUT2D eigenvalue weighted by atomic mass is 16.5. The largest absolute Gasteiger partial charge is 0.508 e. The molecule has 21 heavy (non-hydrogen) atoms. The second-order valence-corrected chi connectivity index (χ2v) is 4.99. The van der Waals surface area contributed by atoms with Gasteiger partial charge in [0.25, 0.3) is 0 Å². The van der Waals surface area contributed by atoms with Crippen LogP contribution in [0, 0.1) is 0 Å². The number of fused-ring (bicyclic) bond motifs is 1. The Morgan fingerprint density at radius 3 is 2.19 bits per heavy atom. The highest BCUT2D eigenvalue weighted by molar-refractivity contribution is 5.53. The van der Waals surface area contributed by atoms with Crippen LogP contribution in [0.15, 0.2) is 24.3 Å². The molecule has 0 radical (unpaired) electrons. The normalized spacial score (nSPS) is 17.0. The zero-order valence-electron chi connectivity index (χ0n) is 10.9. The van der Waals surface area contributed by atoms with Gasteiger partial charge in [0, 0.05) is 17.7 Å². The van der Waals surface area contributed by atoms with E-state index in [1.165, 1.54) is 24.3 Å². The number of rotatable bonds is 1. The molecule has 110 valence electrons. The van der Waals surface area contributed by atoms with Gasteiger partial charge >= 0.3 is 0 Å². The number of benzene rings is 2. The molecule has 1 aliphatic rings. The van der Waals surface area contributed by atoms with Crippen LogP contribution < -0.4 is 4.74 Å². The van der Waals surface area contributed by atoms with Crippen LogP contribution in [0.25, 0.3) is 0 Å². The number of aromatic hydroxyl groups is 5. The van der Waals surface area contributed by atoms with E-state index in [4.69, 9.17) is 4.74 Å². The van der Waals surface area contributed by atoms with Gasteiger partial charge in [-0.3, -0.25) is 0 Å². The predicted octanol–water partition coefficient (Wildman–Crippen LogP) is 2.28. The molecule has 6 nitrogen and oxygen atoms in total. The number of phenols is 5. The van der Waals surface area contributed by atoms with Gasteiger partial charge in [-0.2, -0.15) is 0 Å². The fourth-order valence-corrected chi connectivity index (χ4v) is 2.51. The highest BCUT2D eigenvalue weighted by Crippen LogP contribution is 2.44. The van der Waals surface area contributed by atoms with E-state index < -0.39 is 23.4 Å². The van der Waals surface area contributed by atoms with Gasteiger partial charge in [0.15, 0.2) is 17.2 Å². The van der Waals surface area contributed by atoms with Gasteiger partial charge in [-0.1, -0.05) is 0 Å². The van der Waals surface area contributed by atoms with Crippen molar-refractivity contribution in [3.63, 3.8) is 0 Å². The Bertz CT molecular complexity index is 687.